The van der Waals surface area contributed by atoms with Gasteiger partial charge in [-0.15, -0.1) is 11.3 Å². The largest absolute Gasteiger partial charge is 0.476 e. The number of aromatic carboxylic acids is 1. The maximum Gasteiger partial charge on any atom is 0.355 e. The summed E-state index contributed by atoms with van der Waals surface area (Å²) in [6, 6.07) is -0.294. The van der Waals surface area contributed by atoms with Crippen molar-refractivity contribution in [2.75, 3.05) is 13.7 Å². The van der Waals surface area contributed by atoms with Crippen molar-refractivity contribution in [1.82, 2.24) is 10.3 Å². The van der Waals surface area contributed by atoms with E-state index in [4.69, 9.17) is 9.84 Å². The van der Waals surface area contributed by atoms with Gasteiger partial charge in [0.15, 0.2) is 5.69 Å². The molecular weight excluding hydrogens is 244 g/mol. The first-order valence-corrected chi connectivity index (χ1v) is 5.89. The van der Waals surface area contributed by atoms with Gasteiger partial charge in [-0.1, -0.05) is 0 Å². The van der Waals surface area contributed by atoms with Crippen molar-refractivity contribution in [3.8, 4) is 0 Å². The number of carboxylic acids is 1. The Morgan fingerprint density at radius 3 is 2.88 bits per heavy atom. The van der Waals surface area contributed by atoms with Crippen LogP contribution in [0.2, 0.25) is 0 Å². The van der Waals surface area contributed by atoms with Gasteiger partial charge in [-0.3, -0.25) is 4.79 Å². The van der Waals surface area contributed by atoms with Crippen LogP contribution in [0.3, 0.4) is 0 Å². The Labute approximate surface area is 103 Å². The summed E-state index contributed by atoms with van der Waals surface area (Å²) >= 11 is 1.21. The van der Waals surface area contributed by atoms with Crippen LogP contribution < -0.4 is 5.32 Å². The summed E-state index contributed by atoms with van der Waals surface area (Å²) in [5, 5.41) is 13.5. The van der Waals surface area contributed by atoms with E-state index >= 15 is 0 Å². The molecule has 17 heavy (non-hydrogen) atoms. The van der Waals surface area contributed by atoms with Crippen LogP contribution >= 0.6 is 11.3 Å². The van der Waals surface area contributed by atoms with Crippen LogP contribution in [0.4, 0.5) is 0 Å². The standard InChI is InChI=1S/C10H14N2O4S/c1-6(11-8(13)3-4-16-2)9-12-7(5-17-9)10(14)15/h5-6H,3-4H2,1-2H3,(H,11,13)(H,14,15). The summed E-state index contributed by atoms with van der Waals surface area (Å²) in [7, 11) is 1.52. The number of carbonyl (C=O) groups excluding carboxylic acids is 1. The molecule has 1 unspecified atom stereocenters. The Balaban J connectivity index is 2.54. The molecule has 0 fully saturated rings. The quantitative estimate of drug-likeness (QED) is 0.796. The predicted octanol–water partition coefficient (Wildman–Crippen LogP) is 1.06. The number of nitrogens with one attached hydrogen (secondary N) is 1. The average Bonchev–Trinajstić information content (AvgIpc) is 2.75. The fourth-order valence-electron chi connectivity index (χ4n) is 1.15. The van der Waals surface area contributed by atoms with Crippen molar-refractivity contribution in [2.45, 2.75) is 19.4 Å². The van der Waals surface area contributed by atoms with Crippen LogP contribution in [-0.2, 0) is 9.53 Å². The molecule has 7 heteroatoms. The van der Waals surface area contributed by atoms with Crippen LogP contribution in [0.25, 0.3) is 0 Å². The topological polar surface area (TPSA) is 88.5 Å². The summed E-state index contributed by atoms with van der Waals surface area (Å²) in [5.74, 6) is -1.21. The SMILES string of the molecule is COCCC(=O)NC(C)c1nc(C(=O)O)cs1. The smallest absolute Gasteiger partial charge is 0.355 e. The summed E-state index contributed by atoms with van der Waals surface area (Å²) in [4.78, 5) is 26.0. The normalized spacial score (nSPS) is 12.1. The van der Waals surface area contributed by atoms with Gasteiger partial charge in [-0.25, -0.2) is 9.78 Å². The first kappa shape index (κ1) is 13.6. The molecule has 0 aliphatic heterocycles. The van der Waals surface area contributed by atoms with Crippen molar-refractivity contribution >= 4 is 23.2 Å². The third-order valence-electron chi connectivity index (χ3n) is 2.02. The van der Waals surface area contributed by atoms with E-state index in [9.17, 15) is 9.59 Å². The second kappa shape index (κ2) is 6.31. The second-order valence-electron chi connectivity index (χ2n) is 3.41. The molecule has 1 heterocycles. The number of thiazole rings is 1. The summed E-state index contributed by atoms with van der Waals surface area (Å²) < 4.78 is 4.78. The highest BCUT2D eigenvalue weighted by Crippen LogP contribution is 2.17. The van der Waals surface area contributed by atoms with Gasteiger partial charge in [0.25, 0.3) is 0 Å². The van der Waals surface area contributed by atoms with Gasteiger partial charge >= 0.3 is 5.97 Å². The lowest BCUT2D eigenvalue weighted by Gasteiger charge is -2.10. The Morgan fingerprint density at radius 1 is 1.65 bits per heavy atom. The fraction of sp³-hybridized carbons (Fsp3) is 0.500. The lowest BCUT2D eigenvalue weighted by atomic mass is 10.3. The van der Waals surface area contributed by atoms with Crippen molar-refractivity contribution in [2.24, 2.45) is 0 Å². The Kier molecular flexibility index (Phi) is 5.05. The Morgan fingerprint density at radius 2 is 2.35 bits per heavy atom. The van der Waals surface area contributed by atoms with E-state index in [1.165, 1.54) is 23.8 Å². The molecule has 1 atom stereocenters. The minimum Gasteiger partial charge on any atom is -0.476 e. The minimum atomic E-state index is -1.06. The Bertz CT molecular complexity index is 405. The number of hydrogen-bond acceptors (Lipinski definition) is 5. The molecule has 2 N–H and O–H groups in total. The van der Waals surface area contributed by atoms with Crippen LogP contribution in [0.15, 0.2) is 5.38 Å². The number of carboxylic acid groups (broad SMARTS) is 1. The van der Waals surface area contributed by atoms with E-state index in [2.05, 4.69) is 10.3 Å². The van der Waals surface area contributed by atoms with Crippen LogP contribution in [0.5, 0.6) is 0 Å². The number of methoxy groups -OCH3 is 1. The summed E-state index contributed by atoms with van der Waals surface area (Å²) in [5.41, 5.74) is 0.00277. The first-order valence-electron chi connectivity index (χ1n) is 5.01. The van der Waals surface area contributed by atoms with Crippen LogP contribution in [0, 0.1) is 0 Å². The molecule has 0 aliphatic carbocycles. The van der Waals surface area contributed by atoms with E-state index in [0.29, 0.717) is 11.6 Å². The van der Waals surface area contributed by atoms with Crippen molar-refractivity contribution in [3.63, 3.8) is 0 Å². The fourth-order valence-corrected chi connectivity index (χ4v) is 1.95. The maximum atomic E-state index is 11.4. The van der Waals surface area contributed by atoms with Gasteiger partial charge in [0, 0.05) is 18.9 Å². The van der Waals surface area contributed by atoms with Crippen LogP contribution in [-0.4, -0.2) is 35.7 Å². The van der Waals surface area contributed by atoms with Crippen LogP contribution in [0.1, 0.15) is 34.9 Å². The molecule has 1 rings (SSSR count). The monoisotopic (exact) mass is 258 g/mol. The van der Waals surface area contributed by atoms with E-state index in [-0.39, 0.29) is 24.1 Å². The van der Waals surface area contributed by atoms with E-state index in [1.807, 2.05) is 0 Å². The number of nitrogens with zero attached hydrogens (tertiary/aromatic N) is 1. The molecule has 0 aromatic carbocycles. The predicted molar refractivity (Wildman–Crippen MR) is 62.1 cm³/mol. The third kappa shape index (κ3) is 4.12. The molecule has 1 aromatic heterocycles. The molecule has 0 saturated heterocycles. The molecule has 6 nitrogen and oxygen atoms in total. The first-order chi connectivity index (χ1) is 8.04. The zero-order chi connectivity index (χ0) is 12.8. The molecule has 94 valence electrons. The molecule has 0 bridgehead atoms. The number of ether oxygens (including phenoxy) is 1. The van der Waals surface area contributed by atoms with Crippen molar-refractivity contribution in [1.29, 1.82) is 0 Å². The zero-order valence-corrected chi connectivity index (χ0v) is 10.4. The van der Waals surface area contributed by atoms with Gasteiger partial charge < -0.3 is 15.2 Å². The number of carbonyl (C=O) groups is 2. The third-order valence-corrected chi connectivity index (χ3v) is 3.05. The minimum absolute atomic E-state index is 0.00277. The van der Waals surface area contributed by atoms with Gasteiger partial charge in [0.2, 0.25) is 5.91 Å². The van der Waals surface area contributed by atoms with E-state index in [0.717, 1.165) is 0 Å². The highest BCUT2D eigenvalue weighted by molar-refractivity contribution is 7.09. The molecular formula is C10H14N2O4S. The number of aromatic nitrogens is 1. The highest BCUT2D eigenvalue weighted by Gasteiger charge is 2.15. The molecule has 0 radical (unpaired) electrons. The highest BCUT2D eigenvalue weighted by atomic mass is 32.1. The molecule has 0 saturated carbocycles. The summed E-state index contributed by atoms with van der Waals surface area (Å²) in [6.07, 6.45) is 0.276. The summed E-state index contributed by atoms with van der Waals surface area (Å²) in [6.45, 7) is 2.12. The van der Waals surface area contributed by atoms with Crippen molar-refractivity contribution < 1.29 is 19.4 Å². The van der Waals surface area contributed by atoms with Gasteiger partial charge in [0.1, 0.15) is 5.01 Å². The number of rotatable bonds is 6. The average molecular weight is 258 g/mol. The van der Waals surface area contributed by atoms with E-state index in [1.54, 1.807) is 6.92 Å². The molecule has 1 aromatic rings. The van der Waals surface area contributed by atoms with E-state index < -0.39 is 5.97 Å². The van der Waals surface area contributed by atoms with Gasteiger partial charge in [-0.05, 0) is 6.92 Å². The van der Waals surface area contributed by atoms with Gasteiger partial charge in [-0.2, -0.15) is 0 Å². The van der Waals surface area contributed by atoms with Gasteiger partial charge in [0.05, 0.1) is 12.6 Å². The number of amides is 1. The molecule has 0 spiro atoms. The maximum absolute atomic E-state index is 11.4. The second-order valence-corrected chi connectivity index (χ2v) is 4.30. The zero-order valence-electron chi connectivity index (χ0n) is 9.60. The molecule has 1 amide bonds. The Hall–Kier alpha value is -1.47. The number of hydrogen-bond donors (Lipinski definition) is 2. The lowest BCUT2D eigenvalue weighted by molar-refractivity contribution is -0.122. The lowest BCUT2D eigenvalue weighted by Crippen LogP contribution is -2.27. The van der Waals surface area contributed by atoms with Crippen molar-refractivity contribution in [3.05, 3.63) is 16.1 Å². The molecule has 0 aliphatic rings.